The van der Waals surface area contributed by atoms with Crippen molar-refractivity contribution in [3.63, 3.8) is 0 Å². The van der Waals surface area contributed by atoms with Crippen molar-refractivity contribution in [1.29, 1.82) is 0 Å². The predicted octanol–water partition coefficient (Wildman–Crippen LogP) is 3.79. The number of fused-ring (bicyclic) bond motifs is 1. The smallest absolute Gasteiger partial charge is 0.306 e. The van der Waals surface area contributed by atoms with Crippen molar-refractivity contribution in [2.45, 2.75) is 25.8 Å². The lowest BCUT2D eigenvalue weighted by Gasteiger charge is -2.20. The number of hydrogen-bond donors (Lipinski definition) is 1. The zero-order valence-corrected chi connectivity index (χ0v) is 12.9. The van der Waals surface area contributed by atoms with Gasteiger partial charge in [0.25, 0.3) is 0 Å². The van der Waals surface area contributed by atoms with Gasteiger partial charge in [0.2, 0.25) is 0 Å². The van der Waals surface area contributed by atoms with E-state index in [1.54, 1.807) is 12.1 Å². The summed E-state index contributed by atoms with van der Waals surface area (Å²) in [4.78, 5) is 17.2. The molecule has 1 aliphatic rings. The summed E-state index contributed by atoms with van der Waals surface area (Å²) in [5, 5.41) is 11.1. The van der Waals surface area contributed by atoms with E-state index in [2.05, 4.69) is 15.9 Å². The van der Waals surface area contributed by atoms with Crippen LogP contribution in [0.25, 0.3) is 10.8 Å². The molecule has 2 aromatic rings. The lowest BCUT2D eigenvalue weighted by molar-refractivity contribution is -0.142. The number of carboxylic acids is 1. The van der Waals surface area contributed by atoms with Crippen LogP contribution in [-0.2, 0) is 11.3 Å². The molecule has 0 aromatic heterocycles. The molecule has 1 aliphatic heterocycles. The number of benzene rings is 2. The number of likely N-dealkylation sites (tertiary alicyclic amines) is 1. The van der Waals surface area contributed by atoms with E-state index in [1.165, 1.54) is 5.56 Å². The highest BCUT2D eigenvalue weighted by Crippen LogP contribution is 2.24. The number of carboxylic acid groups (broad SMARTS) is 1. The second-order valence-corrected chi connectivity index (χ2v) is 6.16. The number of aliphatic carboxylic acids is 1. The number of carbonyl (C=O) groups is 1. The van der Waals surface area contributed by atoms with Crippen molar-refractivity contribution in [2.24, 2.45) is 5.92 Å². The maximum absolute atomic E-state index is 12.2. The SMILES string of the molecule is O=C(O)C1CCCN(Cc2ccc3cc(OF)ccc3c2)CC1. The average Bonchev–Trinajstić information content (AvgIpc) is 2.80. The fraction of sp³-hybridized carbons (Fsp3) is 0.389. The largest absolute Gasteiger partial charge is 0.481 e. The minimum atomic E-state index is -0.677. The highest BCUT2D eigenvalue weighted by Gasteiger charge is 2.22. The Balaban J connectivity index is 1.70. The van der Waals surface area contributed by atoms with E-state index >= 15 is 0 Å². The van der Waals surface area contributed by atoms with Crippen LogP contribution in [0.1, 0.15) is 24.8 Å². The average molecular weight is 317 g/mol. The van der Waals surface area contributed by atoms with Crippen molar-refractivity contribution >= 4 is 16.7 Å². The molecule has 0 amide bonds. The molecule has 0 radical (unpaired) electrons. The van der Waals surface area contributed by atoms with E-state index in [9.17, 15) is 9.32 Å². The van der Waals surface area contributed by atoms with Gasteiger partial charge in [-0.3, -0.25) is 14.6 Å². The Morgan fingerprint density at radius 3 is 2.74 bits per heavy atom. The highest BCUT2D eigenvalue weighted by molar-refractivity contribution is 5.84. The molecular formula is C18H20FNO3. The normalized spacial score (nSPS) is 19.4. The molecule has 1 atom stereocenters. The second kappa shape index (κ2) is 6.96. The molecule has 0 aliphatic carbocycles. The van der Waals surface area contributed by atoms with E-state index in [0.29, 0.717) is 6.42 Å². The molecule has 5 heteroatoms. The first-order chi connectivity index (χ1) is 11.2. The van der Waals surface area contributed by atoms with E-state index < -0.39 is 5.97 Å². The van der Waals surface area contributed by atoms with Crippen LogP contribution < -0.4 is 4.94 Å². The molecular weight excluding hydrogens is 297 g/mol. The summed E-state index contributed by atoms with van der Waals surface area (Å²) in [5.41, 5.74) is 1.18. The standard InChI is InChI=1S/C18H20FNO3/c19-23-17-6-5-15-10-13(3-4-16(15)11-17)12-20-8-1-2-14(7-9-20)18(21)22/h3-6,10-11,14H,1-2,7-9,12H2,(H,21,22). The Hall–Kier alpha value is -2.14. The van der Waals surface area contributed by atoms with Crippen LogP contribution in [0.15, 0.2) is 36.4 Å². The van der Waals surface area contributed by atoms with E-state index in [0.717, 1.165) is 43.2 Å². The van der Waals surface area contributed by atoms with Crippen LogP contribution in [0.3, 0.4) is 0 Å². The van der Waals surface area contributed by atoms with Gasteiger partial charge in [-0.05, 0) is 66.9 Å². The molecule has 0 bridgehead atoms. The summed E-state index contributed by atoms with van der Waals surface area (Å²) >= 11 is 0. The van der Waals surface area contributed by atoms with Gasteiger partial charge in [-0.2, -0.15) is 0 Å². The highest BCUT2D eigenvalue weighted by atomic mass is 19.3. The molecule has 23 heavy (non-hydrogen) atoms. The third-order valence-electron chi connectivity index (χ3n) is 4.54. The summed E-state index contributed by atoms with van der Waals surface area (Å²) in [7, 11) is 0. The molecule has 3 rings (SSSR count). The quantitative estimate of drug-likeness (QED) is 0.932. The van der Waals surface area contributed by atoms with Crippen LogP contribution in [0.2, 0.25) is 0 Å². The van der Waals surface area contributed by atoms with Crippen molar-refractivity contribution in [1.82, 2.24) is 4.90 Å². The number of rotatable bonds is 4. The molecule has 1 heterocycles. The van der Waals surface area contributed by atoms with E-state index in [1.807, 2.05) is 18.2 Å². The van der Waals surface area contributed by atoms with Crippen LogP contribution >= 0.6 is 0 Å². The zero-order valence-electron chi connectivity index (χ0n) is 12.9. The molecule has 4 nitrogen and oxygen atoms in total. The molecule has 2 aromatic carbocycles. The maximum atomic E-state index is 12.2. The Labute approximate surface area is 134 Å². The van der Waals surface area contributed by atoms with Gasteiger partial charge in [0.15, 0.2) is 5.75 Å². The molecule has 122 valence electrons. The Bertz CT molecular complexity index is 704. The first-order valence-corrected chi connectivity index (χ1v) is 7.92. The van der Waals surface area contributed by atoms with Gasteiger partial charge in [0.1, 0.15) is 0 Å². The number of nitrogens with zero attached hydrogens (tertiary/aromatic N) is 1. The van der Waals surface area contributed by atoms with Crippen LogP contribution in [0, 0.1) is 5.92 Å². The summed E-state index contributed by atoms with van der Waals surface area (Å²) in [6.45, 7) is 2.55. The van der Waals surface area contributed by atoms with E-state index in [4.69, 9.17) is 5.11 Å². The van der Waals surface area contributed by atoms with Gasteiger partial charge in [-0.25, -0.2) is 0 Å². The van der Waals surface area contributed by atoms with Crippen molar-refractivity contribution in [2.75, 3.05) is 13.1 Å². The fourth-order valence-corrected chi connectivity index (χ4v) is 3.24. The fourth-order valence-electron chi connectivity index (χ4n) is 3.24. The maximum Gasteiger partial charge on any atom is 0.306 e. The van der Waals surface area contributed by atoms with Crippen molar-refractivity contribution < 1.29 is 19.4 Å². The van der Waals surface area contributed by atoms with Crippen LogP contribution in [0.5, 0.6) is 5.75 Å². The molecule has 0 spiro atoms. The lowest BCUT2D eigenvalue weighted by Crippen LogP contribution is -2.24. The van der Waals surface area contributed by atoms with E-state index in [-0.39, 0.29) is 11.7 Å². The Morgan fingerprint density at radius 2 is 1.96 bits per heavy atom. The number of hydrogen-bond acceptors (Lipinski definition) is 3. The molecule has 1 fully saturated rings. The third kappa shape index (κ3) is 3.79. The van der Waals surface area contributed by atoms with Gasteiger partial charge >= 0.3 is 5.97 Å². The van der Waals surface area contributed by atoms with Gasteiger partial charge in [-0.15, -0.1) is 0 Å². The summed E-state index contributed by atoms with van der Waals surface area (Å²) in [6.07, 6.45) is 2.39. The van der Waals surface area contributed by atoms with Crippen LogP contribution in [-0.4, -0.2) is 29.1 Å². The summed E-state index contributed by atoms with van der Waals surface area (Å²) < 4.78 is 12.2. The van der Waals surface area contributed by atoms with Gasteiger partial charge < -0.3 is 5.11 Å². The summed E-state index contributed by atoms with van der Waals surface area (Å²) in [6, 6.07) is 11.2. The lowest BCUT2D eigenvalue weighted by atomic mass is 10.0. The number of halogens is 1. The molecule has 1 N–H and O–H groups in total. The second-order valence-electron chi connectivity index (χ2n) is 6.16. The van der Waals surface area contributed by atoms with Gasteiger partial charge in [0, 0.05) is 11.1 Å². The predicted molar refractivity (Wildman–Crippen MR) is 85.9 cm³/mol. The first kappa shape index (κ1) is 15.7. The van der Waals surface area contributed by atoms with Crippen molar-refractivity contribution in [3.05, 3.63) is 42.0 Å². The Morgan fingerprint density at radius 1 is 1.17 bits per heavy atom. The topological polar surface area (TPSA) is 49.8 Å². The molecule has 1 unspecified atom stereocenters. The molecule has 0 saturated carbocycles. The monoisotopic (exact) mass is 317 g/mol. The van der Waals surface area contributed by atoms with Gasteiger partial charge in [0.05, 0.1) is 5.92 Å². The van der Waals surface area contributed by atoms with Crippen LogP contribution in [0.4, 0.5) is 4.53 Å². The minimum Gasteiger partial charge on any atom is -0.481 e. The van der Waals surface area contributed by atoms with Gasteiger partial charge in [-0.1, -0.05) is 18.2 Å². The summed E-state index contributed by atoms with van der Waals surface area (Å²) in [5.74, 6) is -0.684. The van der Waals surface area contributed by atoms with Crippen molar-refractivity contribution in [3.8, 4) is 5.75 Å². The Kier molecular flexibility index (Phi) is 4.76. The minimum absolute atomic E-state index is 0.206. The molecule has 1 saturated heterocycles. The third-order valence-corrected chi connectivity index (χ3v) is 4.54. The zero-order chi connectivity index (χ0) is 16.2. The first-order valence-electron chi connectivity index (χ1n) is 7.92.